The highest BCUT2D eigenvalue weighted by atomic mass is 14.6. The van der Waals surface area contributed by atoms with Crippen LogP contribution < -0.4 is 5.73 Å². The minimum atomic E-state index is 0.693. The van der Waals surface area contributed by atoms with Crippen LogP contribution in [0.4, 0.5) is 0 Å². The molecule has 1 rings (SSSR count). The van der Waals surface area contributed by atoms with Crippen LogP contribution in [0.15, 0.2) is 0 Å². The van der Waals surface area contributed by atoms with Crippen LogP contribution in [-0.2, 0) is 0 Å². The van der Waals surface area contributed by atoms with E-state index in [9.17, 15) is 0 Å². The molecule has 66 valence electrons. The Labute approximate surface area is 70.4 Å². The second-order valence-corrected chi connectivity index (χ2v) is 3.91. The summed E-state index contributed by atoms with van der Waals surface area (Å²) in [6.07, 6.45) is 6.83. The topological polar surface area (TPSA) is 26.0 Å². The molecule has 0 atom stereocenters. The van der Waals surface area contributed by atoms with E-state index < -0.39 is 0 Å². The molecule has 0 spiro atoms. The molecule has 1 aliphatic carbocycles. The molecule has 0 saturated heterocycles. The van der Waals surface area contributed by atoms with Crippen molar-refractivity contribution in [3.05, 3.63) is 0 Å². The molecule has 0 bridgehead atoms. The number of rotatable bonds is 5. The maximum absolute atomic E-state index is 5.60. The van der Waals surface area contributed by atoms with Crippen molar-refractivity contribution in [1.29, 1.82) is 0 Å². The van der Waals surface area contributed by atoms with Gasteiger partial charge in [-0.25, -0.2) is 0 Å². The Balaban J connectivity index is 2.41. The lowest BCUT2D eigenvalue weighted by Crippen LogP contribution is -2.18. The summed E-state index contributed by atoms with van der Waals surface area (Å²) in [5, 5.41) is 0. The molecule has 0 unspecified atom stereocenters. The summed E-state index contributed by atoms with van der Waals surface area (Å²) < 4.78 is 0. The van der Waals surface area contributed by atoms with Crippen molar-refractivity contribution in [3.63, 3.8) is 0 Å². The van der Waals surface area contributed by atoms with Gasteiger partial charge < -0.3 is 5.73 Å². The summed E-state index contributed by atoms with van der Waals surface area (Å²) in [6, 6.07) is 0. The van der Waals surface area contributed by atoms with E-state index in [4.69, 9.17) is 5.73 Å². The highest BCUT2D eigenvalue weighted by Gasteiger charge is 2.46. The normalized spacial score (nSPS) is 20.7. The predicted molar refractivity (Wildman–Crippen MR) is 49.4 cm³/mol. The van der Waals surface area contributed by atoms with Gasteiger partial charge in [0, 0.05) is 0 Å². The summed E-state index contributed by atoms with van der Waals surface area (Å²) in [4.78, 5) is 0. The van der Waals surface area contributed by atoms with E-state index in [0.29, 0.717) is 5.41 Å². The molecule has 1 aliphatic rings. The standard InChI is InChI=1S/C10H21N/c1-3-9(4-2)10(5-6-10)7-8-11/h9H,3-8,11H2,1-2H3. The molecule has 0 aliphatic heterocycles. The minimum absolute atomic E-state index is 0.693. The second kappa shape index (κ2) is 3.57. The number of hydrogen-bond donors (Lipinski definition) is 1. The zero-order valence-electron chi connectivity index (χ0n) is 7.90. The van der Waals surface area contributed by atoms with E-state index in [1.165, 1.54) is 32.1 Å². The van der Waals surface area contributed by atoms with Gasteiger partial charge in [0.1, 0.15) is 0 Å². The van der Waals surface area contributed by atoms with Gasteiger partial charge in [0.2, 0.25) is 0 Å². The Kier molecular flexibility index (Phi) is 2.94. The highest BCUT2D eigenvalue weighted by molar-refractivity contribution is 4.97. The van der Waals surface area contributed by atoms with E-state index in [1.54, 1.807) is 0 Å². The van der Waals surface area contributed by atoms with Crippen LogP contribution in [0.3, 0.4) is 0 Å². The van der Waals surface area contributed by atoms with Crippen LogP contribution in [0.25, 0.3) is 0 Å². The SMILES string of the molecule is CCC(CC)C1(CCN)CC1. The van der Waals surface area contributed by atoms with Crippen molar-refractivity contribution in [3.8, 4) is 0 Å². The maximum atomic E-state index is 5.60. The fraction of sp³-hybridized carbons (Fsp3) is 1.00. The molecule has 2 N–H and O–H groups in total. The summed E-state index contributed by atoms with van der Waals surface area (Å²) in [6.45, 7) is 5.51. The zero-order chi connectivity index (χ0) is 8.32. The van der Waals surface area contributed by atoms with Gasteiger partial charge in [-0.3, -0.25) is 0 Å². The van der Waals surface area contributed by atoms with Gasteiger partial charge in [-0.2, -0.15) is 0 Å². The number of nitrogens with two attached hydrogens (primary N) is 1. The maximum Gasteiger partial charge on any atom is -0.00719 e. The minimum Gasteiger partial charge on any atom is -0.330 e. The molecule has 1 heteroatoms. The third-order valence-corrected chi connectivity index (χ3v) is 3.39. The Hall–Kier alpha value is -0.0400. The lowest BCUT2D eigenvalue weighted by atomic mass is 9.82. The molecule has 1 fully saturated rings. The first-order chi connectivity index (χ1) is 5.29. The van der Waals surface area contributed by atoms with Crippen molar-refractivity contribution in [2.75, 3.05) is 6.54 Å². The molecular formula is C10H21N. The first kappa shape index (κ1) is 9.05. The van der Waals surface area contributed by atoms with Crippen molar-refractivity contribution >= 4 is 0 Å². The van der Waals surface area contributed by atoms with Gasteiger partial charge >= 0.3 is 0 Å². The molecule has 1 nitrogen and oxygen atoms in total. The Bertz CT molecular complexity index is 112. The average molecular weight is 155 g/mol. The van der Waals surface area contributed by atoms with Crippen molar-refractivity contribution in [2.45, 2.75) is 46.0 Å². The number of hydrogen-bond acceptors (Lipinski definition) is 1. The summed E-state index contributed by atoms with van der Waals surface area (Å²) in [7, 11) is 0. The smallest absolute Gasteiger partial charge is 0.00719 e. The third kappa shape index (κ3) is 1.76. The third-order valence-electron chi connectivity index (χ3n) is 3.39. The predicted octanol–water partition coefficient (Wildman–Crippen LogP) is 2.55. The molecule has 0 radical (unpaired) electrons. The first-order valence-corrected chi connectivity index (χ1v) is 4.99. The van der Waals surface area contributed by atoms with Gasteiger partial charge in [-0.15, -0.1) is 0 Å². The van der Waals surface area contributed by atoms with Crippen LogP contribution in [-0.4, -0.2) is 6.54 Å². The zero-order valence-corrected chi connectivity index (χ0v) is 7.90. The van der Waals surface area contributed by atoms with Crippen LogP contribution in [0, 0.1) is 11.3 Å². The molecule has 11 heavy (non-hydrogen) atoms. The van der Waals surface area contributed by atoms with Crippen LogP contribution in [0.2, 0.25) is 0 Å². The molecule has 0 amide bonds. The fourth-order valence-electron chi connectivity index (χ4n) is 2.47. The molecule has 0 aromatic carbocycles. The van der Waals surface area contributed by atoms with Crippen molar-refractivity contribution < 1.29 is 0 Å². The summed E-state index contributed by atoms with van der Waals surface area (Å²) in [5.41, 5.74) is 6.29. The van der Waals surface area contributed by atoms with Gasteiger partial charge in [0.05, 0.1) is 0 Å². The lowest BCUT2D eigenvalue weighted by Gasteiger charge is -2.23. The average Bonchev–Trinajstić information content (AvgIpc) is 2.73. The van der Waals surface area contributed by atoms with E-state index in [2.05, 4.69) is 13.8 Å². The monoisotopic (exact) mass is 155 g/mol. The quantitative estimate of drug-likeness (QED) is 0.648. The molecular weight excluding hydrogens is 134 g/mol. The Morgan fingerprint density at radius 2 is 1.82 bits per heavy atom. The Morgan fingerprint density at radius 3 is 2.09 bits per heavy atom. The first-order valence-electron chi connectivity index (χ1n) is 4.99. The van der Waals surface area contributed by atoms with E-state index in [0.717, 1.165) is 12.5 Å². The molecule has 0 aromatic rings. The van der Waals surface area contributed by atoms with Crippen LogP contribution in [0.5, 0.6) is 0 Å². The van der Waals surface area contributed by atoms with Gasteiger partial charge in [0.15, 0.2) is 0 Å². The highest BCUT2D eigenvalue weighted by Crippen LogP contribution is 2.56. The van der Waals surface area contributed by atoms with E-state index in [1.807, 2.05) is 0 Å². The van der Waals surface area contributed by atoms with E-state index >= 15 is 0 Å². The summed E-state index contributed by atoms with van der Waals surface area (Å²) >= 11 is 0. The molecule has 1 saturated carbocycles. The summed E-state index contributed by atoms with van der Waals surface area (Å²) in [5.74, 6) is 0.950. The fourth-order valence-corrected chi connectivity index (χ4v) is 2.47. The van der Waals surface area contributed by atoms with Gasteiger partial charge in [0.25, 0.3) is 0 Å². The second-order valence-electron chi connectivity index (χ2n) is 3.91. The van der Waals surface area contributed by atoms with Crippen LogP contribution >= 0.6 is 0 Å². The molecule has 0 heterocycles. The molecule has 0 aromatic heterocycles. The van der Waals surface area contributed by atoms with Gasteiger partial charge in [-0.05, 0) is 37.1 Å². The van der Waals surface area contributed by atoms with Crippen molar-refractivity contribution in [2.24, 2.45) is 17.1 Å². The van der Waals surface area contributed by atoms with Gasteiger partial charge in [-0.1, -0.05) is 26.7 Å². The van der Waals surface area contributed by atoms with Crippen LogP contribution in [0.1, 0.15) is 46.0 Å². The largest absolute Gasteiger partial charge is 0.330 e. The van der Waals surface area contributed by atoms with Crippen molar-refractivity contribution in [1.82, 2.24) is 0 Å². The lowest BCUT2D eigenvalue weighted by molar-refractivity contribution is 0.273. The Morgan fingerprint density at radius 1 is 1.27 bits per heavy atom. The van der Waals surface area contributed by atoms with E-state index in [-0.39, 0.29) is 0 Å².